The van der Waals surface area contributed by atoms with Gasteiger partial charge in [0.25, 0.3) is 0 Å². The minimum absolute atomic E-state index is 0.0630. The van der Waals surface area contributed by atoms with Gasteiger partial charge in [-0.1, -0.05) is 0 Å². The first-order chi connectivity index (χ1) is 7.10. The summed E-state index contributed by atoms with van der Waals surface area (Å²) in [4.78, 5) is 17.8. The van der Waals surface area contributed by atoms with Crippen LogP contribution in [-0.2, 0) is 4.79 Å². The highest BCUT2D eigenvalue weighted by Crippen LogP contribution is 2.24. The summed E-state index contributed by atoms with van der Waals surface area (Å²) in [5, 5.41) is 2.13. The van der Waals surface area contributed by atoms with E-state index < -0.39 is 5.38 Å². The van der Waals surface area contributed by atoms with E-state index in [4.69, 9.17) is 11.6 Å². The van der Waals surface area contributed by atoms with E-state index >= 15 is 0 Å². The van der Waals surface area contributed by atoms with Crippen LogP contribution in [0, 0.1) is 6.92 Å². The second-order valence-electron chi connectivity index (χ2n) is 3.16. The predicted octanol–water partition coefficient (Wildman–Crippen LogP) is 2.60. The molecule has 15 heavy (non-hydrogen) atoms. The Balaban J connectivity index is 2.76. The van der Waals surface area contributed by atoms with Crippen molar-refractivity contribution in [1.29, 1.82) is 0 Å². The normalized spacial score (nSPS) is 12.5. The van der Waals surface area contributed by atoms with Crippen LogP contribution >= 0.6 is 22.9 Å². The Labute approximate surface area is 99.1 Å². The van der Waals surface area contributed by atoms with Crippen molar-refractivity contribution < 1.29 is 4.79 Å². The molecule has 1 heterocycles. The van der Waals surface area contributed by atoms with Gasteiger partial charge in [0.15, 0.2) is 5.38 Å². The fourth-order valence-electron chi connectivity index (χ4n) is 1.32. The van der Waals surface area contributed by atoms with E-state index in [-0.39, 0.29) is 5.91 Å². The topological polar surface area (TPSA) is 33.2 Å². The van der Waals surface area contributed by atoms with Crippen LogP contribution in [0.1, 0.15) is 29.9 Å². The van der Waals surface area contributed by atoms with Crippen LogP contribution in [0.2, 0.25) is 0 Å². The Morgan fingerprint density at radius 3 is 2.60 bits per heavy atom. The van der Waals surface area contributed by atoms with E-state index in [1.165, 1.54) is 11.3 Å². The number of thiazole rings is 1. The third-order valence-electron chi connectivity index (χ3n) is 2.19. The number of carbonyl (C=O) groups is 1. The SMILES string of the molecule is CCN(CC)C(=O)C(Cl)c1csc(C)n1. The molecule has 0 spiro atoms. The average molecular weight is 247 g/mol. The monoisotopic (exact) mass is 246 g/mol. The number of amides is 1. The highest BCUT2D eigenvalue weighted by atomic mass is 35.5. The summed E-state index contributed by atoms with van der Waals surface area (Å²) in [5.74, 6) is -0.0630. The van der Waals surface area contributed by atoms with Crippen LogP contribution in [0.15, 0.2) is 5.38 Å². The van der Waals surface area contributed by atoms with Crippen LogP contribution in [0.3, 0.4) is 0 Å². The van der Waals surface area contributed by atoms with Crippen molar-refractivity contribution in [3.8, 4) is 0 Å². The predicted molar refractivity (Wildman–Crippen MR) is 63.4 cm³/mol. The molecule has 1 aromatic heterocycles. The number of aromatic nitrogens is 1. The summed E-state index contributed by atoms with van der Waals surface area (Å²) in [6.45, 7) is 7.15. The number of hydrogen-bond acceptors (Lipinski definition) is 3. The van der Waals surface area contributed by atoms with E-state index in [1.807, 2.05) is 26.2 Å². The van der Waals surface area contributed by atoms with Crippen LogP contribution < -0.4 is 0 Å². The first-order valence-corrected chi connectivity index (χ1v) is 6.26. The fraction of sp³-hybridized carbons (Fsp3) is 0.600. The number of rotatable bonds is 4. The van der Waals surface area contributed by atoms with Crippen molar-refractivity contribution in [1.82, 2.24) is 9.88 Å². The van der Waals surface area contributed by atoms with Gasteiger partial charge in [-0.25, -0.2) is 4.98 Å². The maximum absolute atomic E-state index is 11.9. The van der Waals surface area contributed by atoms with Crippen LogP contribution in [-0.4, -0.2) is 28.9 Å². The van der Waals surface area contributed by atoms with Gasteiger partial charge in [0.1, 0.15) is 0 Å². The van der Waals surface area contributed by atoms with Gasteiger partial charge < -0.3 is 4.90 Å². The van der Waals surface area contributed by atoms with Gasteiger partial charge in [0.2, 0.25) is 5.91 Å². The Morgan fingerprint density at radius 1 is 1.60 bits per heavy atom. The van der Waals surface area contributed by atoms with E-state index in [1.54, 1.807) is 4.90 Å². The zero-order chi connectivity index (χ0) is 11.4. The summed E-state index contributed by atoms with van der Waals surface area (Å²) in [6, 6.07) is 0. The van der Waals surface area contributed by atoms with Crippen molar-refractivity contribution in [2.24, 2.45) is 0 Å². The number of hydrogen-bond donors (Lipinski definition) is 0. The van der Waals surface area contributed by atoms with Gasteiger partial charge in [-0.05, 0) is 20.8 Å². The molecular weight excluding hydrogens is 232 g/mol. The van der Waals surface area contributed by atoms with E-state index in [0.717, 1.165) is 5.01 Å². The van der Waals surface area contributed by atoms with E-state index in [2.05, 4.69) is 4.98 Å². The summed E-state index contributed by atoms with van der Waals surface area (Å²) >= 11 is 7.59. The maximum atomic E-state index is 11.9. The third kappa shape index (κ3) is 2.92. The highest BCUT2D eigenvalue weighted by molar-refractivity contribution is 7.09. The zero-order valence-electron chi connectivity index (χ0n) is 9.16. The molecule has 0 aliphatic carbocycles. The molecule has 0 N–H and O–H groups in total. The molecule has 0 aliphatic heterocycles. The zero-order valence-corrected chi connectivity index (χ0v) is 10.7. The van der Waals surface area contributed by atoms with Crippen molar-refractivity contribution in [3.05, 3.63) is 16.1 Å². The summed E-state index contributed by atoms with van der Waals surface area (Å²) in [5.41, 5.74) is 0.663. The first-order valence-electron chi connectivity index (χ1n) is 4.95. The molecule has 1 amide bonds. The lowest BCUT2D eigenvalue weighted by atomic mass is 10.3. The second kappa shape index (κ2) is 5.47. The Bertz CT molecular complexity index is 336. The number of aryl methyl sites for hydroxylation is 1. The Kier molecular flexibility index (Phi) is 4.54. The molecule has 0 radical (unpaired) electrons. The van der Waals surface area contributed by atoms with Gasteiger partial charge in [0.05, 0.1) is 10.7 Å². The number of likely N-dealkylation sites (N-methyl/N-ethyl adjacent to an activating group) is 1. The number of carbonyl (C=O) groups excluding carboxylic acids is 1. The molecule has 0 fully saturated rings. The molecule has 1 atom stereocenters. The number of nitrogens with zero attached hydrogens (tertiary/aromatic N) is 2. The number of alkyl halides is 1. The molecule has 1 aromatic rings. The molecule has 0 saturated carbocycles. The quantitative estimate of drug-likeness (QED) is 0.766. The molecular formula is C10H15ClN2OS. The van der Waals surface area contributed by atoms with Gasteiger partial charge in [0, 0.05) is 18.5 Å². The smallest absolute Gasteiger partial charge is 0.246 e. The molecule has 0 aliphatic rings. The van der Waals surface area contributed by atoms with Crippen molar-refractivity contribution in [3.63, 3.8) is 0 Å². The van der Waals surface area contributed by atoms with Crippen LogP contribution in [0.4, 0.5) is 0 Å². The standard InChI is InChI=1S/C10H15ClN2OS/c1-4-13(5-2)10(14)9(11)8-6-15-7(3)12-8/h6,9H,4-5H2,1-3H3. The van der Waals surface area contributed by atoms with Crippen LogP contribution in [0.25, 0.3) is 0 Å². The maximum Gasteiger partial charge on any atom is 0.246 e. The minimum atomic E-state index is -0.644. The summed E-state index contributed by atoms with van der Waals surface area (Å²) in [7, 11) is 0. The molecule has 1 rings (SSSR count). The van der Waals surface area contributed by atoms with Gasteiger partial charge in [-0.3, -0.25) is 4.79 Å². The van der Waals surface area contributed by atoms with Crippen molar-refractivity contribution in [2.75, 3.05) is 13.1 Å². The lowest BCUT2D eigenvalue weighted by Gasteiger charge is -2.20. The minimum Gasteiger partial charge on any atom is -0.342 e. The second-order valence-corrected chi connectivity index (χ2v) is 4.66. The summed E-state index contributed by atoms with van der Waals surface area (Å²) < 4.78 is 0. The third-order valence-corrected chi connectivity index (χ3v) is 3.39. The van der Waals surface area contributed by atoms with E-state index in [9.17, 15) is 4.79 Å². The molecule has 0 aromatic carbocycles. The van der Waals surface area contributed by atoms with Gasteiger partial charge >= 0.3 is 0 Å². The average Bonchev–Trinajstić information content (AvgIpc) is 2.65. The highest BCUT2D eigenvalue weighted by Gasteiger charge is 2.23. The Morgan fingerprint density at radius 2 is 2.20 bits per heavy atom. The van der Waals surface area contributed by atoms with Gasteiger partial charge in [-0.2, -0.15) is 0 Å². The van der Waals surface area contributed by atoms with E-state index in [0.29, 0.717) is 18.8 Å². The molecule has 84 valence electrons. The van der Waals surface area contributed by atoms with Crippen molar-refractivity contribution >= 4 is 28.8 Å². The lowest BCUT2D eigenvalue weighted by molar-refractivity contribution is -0.130. The number of halogens is 1. The summed E-state index contributed by atoms with van der Waals surface area (Å²) in [6.07, 6.45) is 0. The Hall–Kier alpha value is -0.610. The molecule has 0 saturated heterocycles. The lowest BCUT2D eigenvalue weighted by Crippen LogP contribution is -2.33. The first kappa shape index (κ1) is 12.5. The molecule has 1 unspecified atom stereocenters. The van der Waals surface area contributed by atoms with Crippen LogP contribution in [0.5, 0.6) is 0 Å². The molecule has 5 heteroatoms. The largest absolute Gasteiger partial charge is 0.342 e. The van der Waals surface area contributed by atoms with Crippen molar-refractivity contribution in [2.45, 2.75) is 26.1 Å². The van der Waals surface area contributed by atoms with Gasteiger partial charge in [-0.15, -0.1) is 22.9 Å². The fourth-order valence-corrected chi connectivity index (χ4v) is 2.28. The molecule has 3 nitrogen and oxygen atoms in total. The molecule has 0 bridgehead atoms.